The molecule has 7 heteroatoms. The number of rotatable bonds is 6. The first kappa shape index (κ1) is 20.2. The van der Waals surface area contributed by atoms with Crippen LogP contribution < -0.4 is 9.47 Å². The molecule has 0 saturated carbocycles. The standard InChI is InChI=1S/C23H28N4O3/c1-26-22-7-6-18(14-21(22)24-25-26)23(28)27-10-8-16(9-11-27)4-5-17-12-19(29-2)15-20(13-17)30-3/h6-7,12-16H,4-5,8-11H2,1-3H3. The molecule has 1 aliphatic heterocycles. The van der Waals surface area contributed by atoms with Crippen molar-refractivity contribution < 1.29 is 14.3 Å². The molecule has 1 fully saturated rings. The molecular weight excluding hydrogens is 380 g/mol. The van der Waals surface area contributed by atoms with Gasteiger partial charge in [-0.15, -0.1) is 5.10 Å². The Bertz CT molecular complexity index is 1020. The molecule has 1 aliphatic rings. The number of nitrogens with zero attached hydrogens (tertiary/aromatic N) is 4. The van der Waals surface area contributed by atoms with Gasteiger partial charge in [-0.1, -0.05) is 5.21 Å². The highest BCUT2D eigenvalue weighted by atomic mass is 16.5. The van der Waals surface area contributed by atoms with Crippen molar-refractivity contribution in [2.24, 2.45) is 13.0 Å². The van der Waals surface area contributed by atoms with Crippen molar-refractivity contribution in [2.75, 3.05) is 27.3 Å². The molecule has 158 valence electrons. The number of piperidine rings is 1. The van der Waals surface area contributed by atoms with Crippen molar-refractivity contribution >= 4 is 16.9 Å². The van der Waals surface area contributed by atoms with Crippen LogP contribution in [-0.2, 0) is 13.5 Å². The summed E-state index contributed by atoms with van der Waals surface area (Å²) in [7, 11) is 5.20. The fourth-order valence-corrected chi connectivity index (χ4v) is 4.16. The van der Waals surface area contributed by atoms with Crippen molar-refractivity contribution in [3.8, 4) is 11.5 Å². The van der Waals surface area contributed by atoms with Gasteiger partial charge >= 0.3 is 0 Å². The van der Waals surface area contributed by atoms with E-state index in [4.69, 9.17) is 9.47 Å². The van der Waals surface area contributed by atoms with Gasteiger partial charge in [-0.2, -0.15) is 0 Å². The lowest BCUT2D eigenvalue weighted by atomic mass is 9.90. The number of hydrogen-bond acceptors (Lipinski definition) is 5. The zero-order valence-corrected chi connectivity index (χ0v) is 17.8. The number of amides is 1. The van der Waals surface area contributed by atoms with E-state index < -0.39 is 0 Å². The van der Waals surface area contributed by atoms with E-state index in [2.05, 4.69) is 22.4 Å². The Kier molecular flexibility index (Phi) is 5.88. The number of methoxy groups -OCH3 is 2. The van der Waals surface area contributed by atoms with Crippen LogP contribution in [0.5, 0.6) is 11.5 Å². The van der Waals surface area contributed by atoms with Gasteiger partial charge in [0.2, 0.25) is 0 Å². The molecule has 7 nitrogen and oxygen atoms in total. The van der Waals surface area contributed by atoms with Crippen LogP contribution in [0, 0.1) is 5.92 Å². The van der Waals surface area contributed by atoms with Gasteiger partial charge in [0.05, 0.1) is 19.7 Å². The summed E-state index contributed by atoms with van der Waals surface area (Å²) in [6.45, 7) is 1.59. The van der Waals surface area contributed by atoms with Crippen LogP contribution in [0.1, 0.15) is 35.2 Å². The first-order chi connectivity index (χ1) is 14.6. The van der Waals surface area contributed by atoms with Crippen LogP contribution in [0.4, 0.5) is 0 Å². The Morgan fingerprint density at radius 3 is 2.43 bits per heavy atom. The maximum absolute atomic E-state index is 12.9. The molecular formula is C23H28N4O3. The number of carbonyl (C=O) groups is 1. The summed E-state index contributed by atoms with van der Waals surface area (Å²) in [5.41, 5.74) is 3.60. The minimum Gasteiger partial charge on any atom is -0.497 e. The van der Waals surface area contributed by atoms with Gasteiger partial charge < -0.3 is 14.4 Å². The van der Waals surface area contributed by atoms with E-state index in [1.165, 1.54) is 5.56 Å². The Balaban J connectivity index is 1.32. The van der Waals surface area contributed by atoms with Crippen molar-refractivity contribution in [3.63, 3.8) is 0 Å². The van der Waals surface area contributed by atoms with Gasteiger partial charge in [-0.05, 0) is 67.5 Å². The van der Waals surface area contributed by atoms with Gasteiger partial charge in [0, 0.05) is 31.8 Å². The van der Waals surface area contributed by atoms with Crippen LogP contribution in [-0.4, -0.2) is 53.1 Å². The SMILES string of the molecule is COc1cc(CCC2CCN(C(=O)c3ccc4c(c3)nnn4C)CC2)cc(OC)c1. The zero-order chi connectivity index (χ0) is 21.1. The third kappa shape index (κ3) is 4.25. The maximum Gasteiger partial charge on any atom is 0.253 e. The Morgan fingerprint density at radius 2 is 1.77 bits per heavy atom. The predicted molar refractivity (Wildman–Crippen MR) is 115 cm³/mol. The average Bonchev–Trinajstić information content (AvgIpc) is 3.17. The molecule has 0 spiro atoms. The fourth-order valence-electron chi connectivity index (χ4n) is 4.16. The van der Waals surface area contributed by atoms with Crippen LogP contribution in [0.25, 0.3) is 11.0 Å². The van der Waals surface area contributed by atoms with Gasteiger partial charge in [0.15, 0.2) is 0 Å². The molecule has 2 heterocycles. The number of carbonyl (C=O) groups excluding carboxylic acids is 1. The van der Waals surface area contributed by atoms with Crippen molar-refractivity contribution in [2.45, 2.75) is 25.7 Å². The van der Waals surface area contributed by atoms with Gasteiger partial charge in [0.25, 0.3) is 5.91 Å². The summed E-state index contributed by atoms with van der Waals surface area (Å²) in [5, 5.41) is 8.13. The van der Waals surface area contributed by atoms with Gasteiger partial charge in [-0.25, -0.2) is 4.68 Å². The smallest absolute Gasteiger partial charge is 0.253 e. The monoisotopic (exact) mass is 408 g/mol. The molecule has 0 N–H and O–H groups in total. The van der Waals surface area contributed by atoms with E-state index in [1.807, 2.05) is 36.2 Å². The second-order valence-corrected chi connectivity index (χ2v) is 7.91. The van der Waals surface area contributed by atoms with Crippen LogP contribution in [0.3, 0.4) is 0 Å². The molecule has 1 amide bonds. The van der Waals surface area contributed by atoms with Crippen molar-refractivity contribution in [1.29, 1.82) is 0 Å². The van der Waals surface area contributed by atoms with Gasteiger partial charge in [0.1, 0.15) is 17.0 Å². The Hall–Kier alpha value is -3.09. The summed E-state index contributed by atoms with van der Waals surface area (Å²) in [4.78, 5) is 14.9. The average molecular weight is 409 g/mol. The molecule has 0 atom stereocenters. The summed E-state index contributed by atoms with van der Waals surface area (Å²) in [6, 6.07) is 11.7. The largest absolute Gasteiger partial charge is 0.497 e. The van der Waals surface area contributed by atoms with E-state index in [0.717, 1.165) is 61.3 Å². The molecule has 1 aromatic heterocycles. The molecule has 0 bridgehead atoms. The number of fused-ring (bicyclic) bond motifs is 1. The molecule has 4 rings (SSSR count). The van der Waals surface area contributed by atoms with Crippen LogP contribution in [0.15, 0.2) is 36.4 Å². The minimum absolute atomic E-state index is 0.0820. The maximum atomic E-state index is 12.9. The van der Waals surface area contributed by atoms with Crippen LogP contribution >= 0.6 is 0 Å². The van der Waals surface area contributed by atoms with Gasteiger partial charge in [-0.3, -0.25) is 4.79 Å². The zero-order valence-electron chi connectivity index (χ0n) is 17.8. The minimum atomic E-state index is 0.0820. The summed E-state index contributed by atoms with van der Waals surface area (Å²) in [6.07, 6.45) is 4.14. The van der Waals surface area contributed by atoms with E-state index in [0.29, 0.717) is 11.5 Å². The third-order valence-corrected chi connectivity index (χ3v) is 6.01. The highest BCUT2D eigenvalue weighted by Gasteiger charge is 2.24. The lowest BCUT2D eigenvalue weighted by molar-refractivity contribution is 0.0687. The normalized spacial score (nSPS) is 14.8. The topological polar surface area (TPSA) is 69.5 Å². The summed E-state index contributed by atoms with van der Waals surface area (Å²) >= 11 is 0. The number of hydrogen-bond donors (Lipinski definition) is 0. The van der Waals surface area contributed by atoms with Crippen molar-refractivity contribution in [1.82, 2.24) is 19.9 Å². The first-order valence-electron chi connectivity index (χ1n) is 10.4. The predicted octanol–water partition coefficient (Wildman–Crippen LogP) is 3.47. The molecule has 0 unspecified atom stereocenters. The molecule has 0 aliphatic carbocycles. The molecule has 30 heavy (non-hydrogen) atoms. The summed E-state index contributed by atoms with van der Waals surface area (Å²) in [5.74, 6) is 2.35. The highest BCUT2D eigenvalue weighted by molar-refractivity contribution is 5.97. The molecule has 0 radical (unpaired) electrons. The summed E-state index contributed by atoms with van der Waals surface area (Å²) < 4.78 is 12.4. The number of aromatic nitrogens is 3. The molecule has 2 aromatic carbocycles. The second-order valence-electron chi connectivity index (χ2n) is 7.91. The van der Waals surface area contributed by atoms with E-state index in [9.17, 15) is 4.79 Å². The second kappa shape index (κ2) is 8.73. The first-order valence-corrected chi connectivity index (χ1v) is 10.4. The third-order valence-electron chi connectivity index (χ3n) is 6.01. The Morgan fingerprint density at radius 1 is 1.07 bits per heavy atom. The fraction of sp³-hybridized carbons (Fsp3) is 0.435. The quantitative estimate of drug-likeness (QED) is 0.625. The number of aryl methyl sites for hydroxylation is 2. The van der Waals surface area contributed by atoms with Crippen LogP contribution in [0.2, 0.25) is 0 Å². The lowest BCUT2D eigenvalue weighted by Crippen LogP contribution is -2.38. The highest BCUT2D eigenvalue weighted by Crippen LogP contribution is 2.27. The molecule has 1 saturated heterocycles. The number of likely N-dealkylation sites (tertiary alicyclic amines) is 1. The van der Waals surface area contributed by atoms with E-state index in [-0.39, 0.29) is 5.91 Å². The Labute approximate surface area is 176 Å². The number of ether oxygens (including phenoxy) is 2. The lowest BCUT2D eigenvalue weighted by Gasteiger charge is -2.32. The van der Waals surface area contributed by atoms with E-state index >= 15 is 0 Å². The number of benzene rings is 2. The van der Waals surface area contributed by atoms with Crippen molar-refractivity contribution in [3.05, 3.63) is 47.5 Å². The van der Waals surface area contributed by atoms with E-state index in [1.54, 1.807) is 18.9 Å². The molecule has 3 aromatic rings.